The first-order valence-electron chi connectivity index (χ1n) is 6.77. The van der Waals surface area contributed by atoms with Crippen LogP contribution in [0.25, 0.3) is 0 Å². The second-order valence-electron chi connectivity index (χ2n) is 4.98. The number of anilines is 2. The van der Waals surface area contributed by atoms with Crippen molar-refractivity contribution in [3.05, 3.63) is 47.4 Å². The van der Waals surface area contributed by atoms with Crippen LogP contribution in [-0.4, -0.2) is 20.6 Å². The van der Waals surface area contributed by atoms with Crippen molar-refractivity contribution in [1.82, 2.24) is 0 Å². The summed E-state index contributed by atoms with van der Waals surface area (Å²) < 4.78 is 30.3. The van der Waals surface area contributed by atoms with E-state index in [-0.39, 0.29) is 11.7 Å². The van der Waals surface area contributed by atoms with Gasteiger partial charge < -0.3 is 9.73 Å². The van der Waals surface area contributed by atoms with E-state index in [1.807, 2.05) is 13.8 Å². The van der Waals surface area contributed by atoms with E-state index in [0.29, 0.717) is 17.8 Å². The Morgan fingerprint density at radius 2 is 1.91 bits per heavy atom. The molecule has 1 aromatic heterocycles. The highest BCUT2D eigenvalue weighted by molar-refractivity contribution is 7.92. The number of furan rings is 1. The smallest absolute Gasteiger partial charge is 0.291 e. The first-order chi connectivity index (χ1) is 10.3. The number of carbonyl (C=O) groups excluding carboxylic acids is 1. The van der Waals surface area contributed by atoms with Crippen molar-refractivity contribution in [1.29, 1.82) is 0 Å². The van der Waals surface area contributed by atoms with E-state index in [4.69, 9.17) is 4.42 Å². The first kappa shape index (κ1) is 16.1. The van der Waals surface area contributed by atoms with Crippen LogP contribution < -0.4 is 10.0 Å². The maximum Gasteiger partial charge on any atom is 0.291 e. The highest BCUT2D eigenvalue weighted by atomic mass is 32.2. The predicted octanol–water partition coefficient (Wildman–Crippen LogP) is 2.77. The van der Waals surface area contributed by atoms with Crippen LogP contribution in [0, 0.1) is 6.92 Å². The van der Waals surface area contributed by atoms with Crippen LogP contribution in [0.1, 0.15) is 28.8 Å². The van der Waals surface area contributed by atoms with Crippen LogP contribution in [0.2, 0.25) is 0 Å². The zero-order valence-electron chi connectivity index (χ0n) is 12.6. The molecule has 0 radical (unpaired) electrons. The normalized spacial score (nSPS) is 11.2. The largest absolute Gasteiger partial charge is 0.456 e. The molecule has 2 rings (SSSR count). The van der Waals surface area contributed by atoms with Gasteiger partial charge in [-0.1, -0.05) is 13.0 Å². The molecule has 0 aliphatic heterocycles. The van der Waals surface area contributed by atoms with Crippen LogP contribution in [0.3, 0.4) is 0 Å². The lowest BCUT2D eigenvalue weighted by atomic mass is 10.2. The van der Waals surface area contributed by atoms with Gasteiger partial charge in [0.25, 0.3) is 5.91 Å². The molecule has 22 heavy (non-hydrogen) atoms. The summed E-state index contributed by atoms with van der Waals surface area (Å²) in [4.78, 5) is 12.1. The van der Waals surface area contributed by atoms with E-state index in [0.717, 1.165) is 17.6 Å². The Bertz CT molecular complexity index is 794. The summed E-state index contributed by atoms with van der Waals surface area (Å²) in [5.74, 6) is 0.632. The number of hydrogen-bond donors (Lipinski definition) is 2. The Labute approximate surface area is 129 Å². The number of benzene rings is 1. The van der Waals surface area contributed by atoms with Gasteiger partial charge in [-0.2, -0.15) is 0 Å². The molecule has 2 aromatic rings. The summed E-state index contributed by atoms with van der Waals surface area (Å²) in [6, 6.07) is 8.14. The summed E-state index contributed by atoms with van der Waals surface area (Å²) in [6.45, 7) is 3.84. The average Bonchev–Trinajstić information content (AvgIpc) is 2.78. The van der Waals surface area contributed by atoms with Crippen molar-refractivity contribution in [2.24, 2.45) is 0 Å². The fraction of sp³-hybridized carbons (Fsp3) is 0.267. The SMILES string of the molecule is CCc1oc(C(=O)Nc2cccc(NS(C)(=O)=O)c2)cc1C. The number of sulfonamides is 1. The maximum absolute atomic E-state index is 12.1. The Balaban J connectivity index is 2.16. The third-order valence-corrected chi connectivity index (χ3v) is 3.60. The molecule has 0 unspecified atom stereocenters. The molecule has 0 saturated carbocycles. The number of hydrogen-bond acceptors (Lipinski definition) is 4. The molecule has 0 atom stereocenters. The molecular formula is C15H18N2O4S. The molecule has 1 aromatic carbocycles. The van der Waals surface area contributed by atoms with Crippen LogP contribution in [0.15, 0.2) is 34.7 Å². The van der Waals surface area contributed by atoms with E-state index in [1.54, 1.807) is 24.3 Å². The zero-order chi connectivity index (χ0) is 16.3. The molecule has 2 N–H and O–H groups in total. The second kappa shape index (κ2) is 6.23. The van der Waals surface area contributed by atoms with Gasteiger partial charge in [-0.15, -0.1) is 0 Å². The van der Waals surface area contributed by atoms with Gasteiger partial charge in [0.2, 0.25) is 10.0 Å². The number of carbonyl (C=O) groups is 1. The fourth-order valence-electron chi connectivity index (χ4n) is 2.05. The van der Waals surface area contributed by atoms with Gasteiger partial charge in [0.15, 0.2) is 5.76 Å². The summed E-state index contributed by atoms with van der Waals surface area (Å²) in [5, 5.41) is 2.68. The van der Waals surface area contributed by atoms with Crippen molar-refractivity contribution >= 4 is 27.3 Å². The van der Waals surface area contributed by atoms with Crippen molar-refractivity contribution < 1.29 is 17.6 Å². The minimum absolute atomic E-state index is 0.232. The number of rotatable bonds is 5. The number of nitrogens with one attached hydrogen (secondary N) is 2. The standard InChI is InChI=1S/C15H18N2O4S/c1-4-13-10(2)8-14(21-13)15(18)16-11-6-5-7-12(9-11)17-22(3,19)20/h5-9,17H,4H2,1-3H3,(H,16,18). The number of aryl methyl sites for hydroxylation is 2. The van der Waals surface area contributed by atoms with Gasteiger partial charge in [0.1, 0.15) is 5.76 Å². The van der Waals surface area contributed by atoms with E-state index in [1.165, 1.54) is 6.07 Å². The Hall–Kier alpha value is -2.28. The molecule has 0 saturated heterocycles. The van der Waals surface area contributed by atoms with Gasteiger partial charge in [0.05, 0.1) is 11.9 Å². The lowest BCUT2D eigenvalue weighted by Crippen LogP contribution is -2.12. The molecule has 0 fully saturated rings. The molecule has 1 heterocycles. The van der Waals surface area contributed by atoms with Gasteiger partial charge in [0, 0.05) is 12.1 Å². The lowest BCUT2D eigenvalue weighted by Gasteiger charge is -2.07. The third kappa shape index (κ3) is 4.11. The summed E-state index contributed by atoms with van der Waals surface area (Å²) in [7, 11) is -3.36. The van der Waals surface area contributed by atoms with Crippen LogP contribution >= 0.6 is 0 Å². The fourth-order valence-corrected chi connectivity index (χ4v) is 2.61. The van der Waals surface area contributed by atoms with Crippen molar-refractivity contribution in [2.45, 2.75) is 20.3 Å². The minimum Gasteiger partial charge on any atom is -0.456 e. The van der Waals surface area contributed by atoms with Crippen molar-refractivity contribution in [3.8, 4) is 0 Å². The van der Waals surface area contributed by atoms with E-state index >= 15 is 0 Å². The second-order valence-corrected chi connectivity index (χ2v) is 6.73. The Morgan fingerprint density at radius 1 is 1.23 bits per heavy atom. The number of amides is 1. The molecule has 6 nitrogen and oxygen atoms in total. The van der Waals surface area contributed by atoms with Crippen molar-refractivity contribution in [3.63, 3.8) is 0 Å². The molecule has 7 heteroatoms. The molecule has 0 aliphatic carbocycles. The quantitative estimate of drug-likeness (QED) is 0.886. The first-order valence-corrected chi connectivity index (χ1v) is 8.66. The Morgan fingerprint density at radius 3 is 2.50 bits per heavy atom. The predicted molar refractivity (Wildman–Crippen MR) is 85.7 cm³/mol. The highest BCUT2D eigenvalue weighted by Crippen LogP contribution is 2.19. The van der Waals surface area contributed by atoms with Crippen LogP contribution in [0.5, 0.6) is 0 Å². The molecule has 0 bridgehead atoms. The molecule has 0 spiro atoms. The molecule has 118 valence electrons. The zero-order valence-corrected chi connectivity index (χ0v) is 13.5. The van der Waals surface area contributed by atoms with Gasteiger partial charge in [-0.3, -0.25) is 9.52 Å². The summed E-state index contributed by atoms with van der Waals surface area (Å²) >= 11 is 0. The van der Waals surface area contributed by atoms with Crippen molar-refractivity contribution in [2.75, 3.05) is 16.3 Å². The average molecular weight is 322 g/mol. The highest BCUT2D eigenvalue weighted by Gasteiger charge is 2.14. The van der Waals surface area contributed by atoms with E-state index in [9.17, 15) is 13.2 Å². The lowest BCUT2D eigenvalue weighted by molar-refractivity contribution is 0.0995. The van der Waals surface area contributed by atoms with E-state index < -0.39 is 10.0 Å². The minimum atomic E-state index is -3.36. The van der Waals surface area contributed by atoms with Gasteiger partial charge in [-0.05, 0) is 36.8 Å². The maximum atomic E-state index is 12.1. The van der Waals surface area contributed by atoms with Crippen LogP contribution in [-0.2, 0) is 16.4 Å². The molecule has 1 amide bonds. The summed E-state index contributed by atoms with van der Waals surface area (Å²) in [6.07, 6.45) is 1.78. The van der Waals surface area contributed by atoms with Gasteiger partial charge in [-0.25, -0.2) is 8.42 Å². The monoisotopic (exact) mass is 322 g/mol. The summed E-state index contributed by atoms with van der Waals surface area (Å²) in [5.41, 5.74) is 1.79. The van der Waals surface area contributed by atoms with Crippen LogP contribution in [0.4, 0.5) is 11.4 Å². The topological polar surface area (TPSA) is 88.4 Å². The Kier molecular flexibility index (Phi) is 4.56. The molecule has 0 aliphatic rings. The third-order valence-electron chi connectivity index (χ3n) is 2.99. The van der Waals surface area contributed by atoms with Gasteiger partial charge >= 0.3 is 0 Å². The van der Waals surface area contributed by atoms with E-state index in [2.05, 4.69) is 10.0 Å². The molecular weight excluding hydrogens is 304 g/mol.